The van der Waals surface area contributed by atoms with Crippen LogP contribution in [-0.4, -0.2) is 49.4 Å². The van der Waals surface area contributed by atoms with Gasteiger partial charge in [-0.15, -0.1) is 0 Å². The van der Waals surface area contributed by atoms with Gasteiger partial charge in [0.15, 0.2) is 0 Å². The van der Waals surface area contributed by atoms with E-state index in [0.717, 1.165) is 42.6 Å². The number of carbonyl (C=O) groups is 2. The van der Waals surface area contributed by atoms with E-state index in [1.165, 1.54) is 0 Å². The third-order valence-corrected chi connectivity index (χ3v) is 6.30. The fraction of sp³-hybridized carbons (Fsp3) is 0.517. The molecule has 1 heterocycles. The van der Waals surface area contributed by atoms with Crippen molar-refractivity contribution < 1.29 is 24.2 Å². The third-order valence-electron chi connectivity index (χ3n) is 6.30. The zero-order chi connectivity index (χ0) is 26.1. The molecule has 2 aromatic carbocycles. The molecule has 1 saturated heterocycles. The first kappa shape index (κ1) is 27.5. The molecule has 1 amide bonds. The minimum atomic E-state index is -0.437. The van der Waals surface area contributed by atoms with Gasteiger partial charge >= 0.3 is 5.97 Å². The van der Waals surface area contributed by atoms with Gasteiger partial charge in [0.05, 0.1) is 31.8 Å². The number of para-hydroxylation sites is 1. The normalized spacial score (nSPS) is 16.5. The molecule has 7 heteroatoms. The van der Waals surface area contributed by atoms with Crippen LogP contribution in [0.3, 0.4) is 0 Å². The maximum atomic E-state index is 13.2. The second kappa shape index (κ2) is 13.3. The largest absolute Gasteiger partial charge is 0.493 e. The quantitative estimate of drug-likeness (QED) is 0.440. The number of esters is 1. The van der Waals surface area contributed by atoms with Gasteiger partial charge in [-0.3, -0.25) is 4.79 Å². The lowest BCUT2D eigenvalue weighted by Gasteiger charge is -2.35. The predicted octanol–water partition coefficient (Wildman–Crippen LogP) is 4.67. The molecule has 0 bridgehead atoms. The third kappa shape index (κ3) is 7.47. The summed E-state index contributed by atoms with van der Waals surface area (Å²) in [4.78, 5) is 27.7. The van der Waals surface area contributed by atoms with E-state index in [2.05, 4.69) is 36.2 Å². The van der Waals surface area contributed by atoms with E-state index in [1.807, 2.05) is 19.1 Å². The highest BCUT2D eigenvalue weighted by molar-refractivity contribution is 5.93. The number of aliphatic hydroxyl groups is 1. The number of amides is 1. The molecule has 1 aliphatic heterocycles. The number of anilines is 1. The molecular formula is C29H40N2O5. The van der Waals surface area contributed by atoms with Gasteiger partial charge in [0.1, 0.15) is 11.3 Å². The van der Waals surface area contributed by atoms with Crippen molar-refractivity contribution >= 4 is 17.6 Å². The van der Waals surface area contributed by atoms with Gasteiger partial charge in [-0.1, -0.05) is 38.1 Å². The second-order valence-corrected chi connectivity index (χ2v) is 9.71. The zero-order valence-electron chi connectivity index (χ0n) is 22.0. The predicted molar refractivity (Wildman–Crippen MR) is 142 cm³/mol. The minimum absolute atomic E-state index is 0.0968. The van der Waals surface area contributed by atoms with Crippen LogP contribution in [0.1, 0.15) is 74.5 Å². The van der Waals surface area contributed by atoms with E-state index in [4.69, 9.17) is 9.47 Å². The SMILES string of the molecule is CCOC(=O)c1ccc(CC(=O)NC(CC(C)C)c2ccccc2N2CCCC(O)C2)cc1OCC. The average Bonchev–Trinajstić information content (AvgIpc) is 2.84. The number of nitrogens with one attached hydrogen (secondary N) is 1. The van der Waals surface area contributed by atoms with Crippen LogP contribution in [0, 0.1) is 5.92 Å². The van der Waals surface area contributed by atoms with Crippen LogP contribution in [0.2, 0.25) is 0 Å². The van der Waals surface area contributed by atoms with E-state index >= 15 is 0 Å². The maximum Gasteiger partial charge on any atom is 0.341 e. The Kier molecular flexibility index (Phi) is 10.2. The number of hydrogen-bond donors (Lipinski definition) is 2. The summed E-state index contributed by atoms with van der Waals surface area (Å²) in [7, 11) is 0. The minimum Gasteiger partial charge on any atom is -0.493 e. The van der Waals surface area contributed by atoms with Gasteiger partial charge in [-0.2, -0.15) is 0 Å². The molecule has 0 aromatic heterocycles. The van der Waals surface area contributed by atoms with Crippen molar-refractivity contribution in [2.24, 2.45) is 5.92 Å². The monoisotopic (exact) mass is 496 g/mol. The molecule has 2 N–H and O–H groups in total. The number of ether oxygens (including phenoxy) is 2. The first-order chi connectivity index (χ1) is 17.3. The molecule has 1 aliphatic rings. The first-order valence-corrected chi connectivity index (χ1v) is 13.1. The van der Waals surface area contributed by atoms with E-state index < -0.39 is 5.97 Å². The molecule has 3 rings (SSSR count). The first-order valence-electron chi connectivity index (χ1n) is 13.1. The summed E-state index contributed by atoms with van der Waals surface area (Å²) in [5.41, 5.74) is 3.26. The number of benzene rings is 2. The number of carbonyl (C=O) groups excluding carboxylic acids is 2. The topological polar surface area (TPSA) is 88.1 Å². The highest BCUT2D eigenvalue weighted by atomic mass is 16.5. The second-order valence-electron chi connectivity index (χ2n) is 9.71. The Morgan fingerprint density at radius 3 is 2.61 bits per heavy atom. The summed E-state index contributed by atoms with van der Waals surface area (Å²) in [6, 6.07) is 13.2. The van der Waals surface area contributed by atoms with Crippen LogP contribution in [0.5, 0.6) is 5.75 Å². The van der Waals surface area contributed by atoms with Crippen molar-refractivity contribution in [3.63, 3.8) is 0 Å². The molecule has 2 unspecified atom stereocenters. The van der Waals surface area contributed by atoms with E-state index in [9.17, 15) is 14.7 Å². The summed E-state index contributed by atoms with van der Waals surface area (Å²) in [6.07, 6.45) is 2.40. The molecule has 1 fully saturated rings. The summed E-state index contributed by atoms with van der Waals surface area (Å²) >= 11 is 0. The smallest absolute Gasteiger partial charge is 0.341 e. The Labute approximate surface area is 214 Å². The maximum absolute atomic E-state index is 13.2. The van der Waals surface area contributed by atoms with Crippen LogP contribution in [0.15, 0.2) is 42.5 Å². The van der Waals surface area contributed by atoms with Gasteiger partial charge in [-0.25, -0.2) is 4.79 Å². The highest BCUT2D eigenvalue weighted by Crippen LogP contribution is 2.32. The molecule has 36 heavy (non-hydrogen) atoms. The molecule has 2 atom stereocenters. The number of rotatable bonds is 11. The van der Waals surface area contributed by atoms with E-state index in [-0.39, 0.29) is 31.1 Å². The Morgan fingerprint density at radius 1 is 1.14 bits per heavy atom. The lowest BCUT2D eigenvalue weighted by atomic mass is 9.94. The van der Waals surface area contributed by atoms with Gasteiger partial charge in [0.25, 0.3) is 0 Å². The van der Waals surface area contributed by atoms with Crippen molar-refractivity contribution in [1.82, 2.24) is 5.32 Å². The summed E-state index contributed by atoms with van der Waals surface area (Å²) in [5.74, 6) is 0.270. The van der Waals surface area contributed by atoms with Gasteiger partial charge in [-0.05, 0) is 68.4 Å². The lowest BCUT2D eigenvalue weighted by Crippen LogP contribution is -2.39. The number of nitrogens with zero attached hydrogens (tertiary/aromatic N) is 1. The zero-order valence-corrected chi connectivity index (χ0v) is 22.0. The summed E-state index contributed by atoms with van der Waals surface area (Å²) < 4.78 is 10.8. The Hall–Kier alpha value is -3.06. The molecule has 0 spiro atoms. The molecule has 7 nitrogen and oxygen atoms in total. The fourth-order valence-corrected chi connectivity index (χ4v) is 4.74. The van der Waals surface area contributed by atoms with Crippen LogP contribution < -0.4 is 15.0 Å². The Balaban J connectivity index is 1.80. The van der Waals surface area contributed by atoms with Crippen molar-refractivity contribution in [3.8, 4) is 5.75 Å². The summed E-state index contributed by atoms with van der Waals surface area (Å²) in [5, 5.41) is 13.5. The van der Waals surface area contributed by atoms with Gasteiger partial charge < -0.3 is 24.8 Å². The number of hydrogen-bond acceptors (Lipinski definition) is 6. The Bertz CT molecular complexity index is 1020. The van der Waals surface area contributed by atoms with Gasteiger partial charge in [0, 0.05) is 18.8 Å². The molecule has 0 saturated carbocycles. The van der Waals surface area contributed by atoms with E-state index in [0.29, 0.717) is 30.4 Å². The molecule has 2 aromatic rings. The van der Waals surface area contributed by atoms with Crippen LogP contribution >= 0.6 is 0 Å². The average molecular weight is 497 g/mol. The number of piperidine rings is 1. The molecule has 0 aliphatic carbocycles. The standard InChI is InChI=1S/C29H40N2O5/c1-5-35-27-17-21(13-14-24(27)29(34)36-6-2)18-28(33)30-25(16-20(3)4)23-11-7-8-12-26(23)31-15-9-10-22(32)19-31/h7-8,11-14,17,20,22,25,32H,5-6,9-10,15-16,18-19H2,1-4H3,(H,30,33). The van der Waals surface area contributed by atoms with E-state index in [1.54, 1.807) is 25.1 Å². The van der Waals surface area contributed by atoms with Crippen molar-refractivity contribution in [2.75, 3.05) is 31.2 Å². The molecule has 196 valence electrons. The van der Waals surface area contributed by atoms with Gasteiger partial charge in [0.2, 0.25) is 5.91 Å². The van der Waals surface area contributed by atoms with Crippen LogP contribution in [0.4, 0.5) is 5.69 Å². The summed E-state index contributed by atoms with van der Waals surface area (Å²) in [6.45, 7) is 10.1. The number of aliphatic hydroxyl groups excluding tert-OH is 1. The highest BCUT2D eigenvalue weighted by Gasteiger charge is 2.25. The molecular weight excluding hydrogens is 456 g/mol. The van der Waals surface area contributed by atoms with Crippen molar-refractivity contribution in [1.29, 1.82) is 0 Å². The molecule has 0 radical (unpaired) electrons. The van der Waals surface area contributed by atoms with Crippen molar-refractivity contribution in [3.05, 3.63) is 59.2 Å². The van der Waals surface area contributed by atoms with Crippen molar-refractivity contribution in [2.45, 2.75) is 65.5 Å². The number of β-amino-alcohol motifs (C(OH)–C–C–N with tert-alkyl or cyclic N) is 1. The Morgan fingerprint density at radius 2 is 1.92 bits per heavy atom. The van der Waals surface area contributed by atoms with Crippen LogP contribution in [-0.2, 0) is 16.0 Å². The fourth-order valence-electron chi connectivity index (χ4n) is 4.74. The van der Waals surface area contributed by atoms with Crippen LogP contribution in [0.25, 0.3) is 0 Å². The lowest BCUT2D eigenvalue weighted by molar-refractivity contribution is -0.121.